The average Bonchev–Trinajstić information content (AvgIpc) is 2.17. The first-order valence-electron chi connectivity index (χ1n) is 5.06. The fourth-order valence-corrected chi connectivity index (χ4v) is 3.05. The van der Waals surface area contributed by atoms with Crippen molar-refractivity contribution >= 4 is 9.84 Å². The van der Waals surface area contributed by atoms with E-state index in [9.17, 15) is 12.8 Å². The Labute approximate surface area is 95.4 Å². The van der Waals surface area contributed by atoms with Gasteiger partial charge in [-0.15, -0.1) is 0 Å². The van der Waals surface area contributed by atoms with E-state index in [0.29, 0.717) is 6.42 Å². The minimum Gasteiger partial charge on any atom is -0.323 e. The molecule has 0 bridgehead atoms. The lowest BCUT2D eigenvalue weighted by atomic mass is 10.0. The molecule has 0 saturated heterocycles. The number of halogens is 1. The van der Waals surface area contributed by atoms with E-state index < -0.39 is 26.9 Å². The summed E-state index contributed by atoms with van der Waals surface area (Å²) in [5.74, 6) is -0.461. The number of nitrogens with two attached hydrogens (primary N) is 1. The van der Waals surface area contributed by atoms with Crippen molar-refractivity contribution in [2.24, 2.45) is 5.73 Å². The van der Waals surface area contributed by atoms with Gasteiger partial charge in [0.25, 0.3) is 0 Å². The topological polar surface area (TPSA) is 60.2 Å². The molecule has 2 N–H and O–H groups in total. The van der Waals surface area contributed by atoms with E-state index in [2.05, 4.69) is 0 Å². The molecule has 5 heteroatoms. The molecule has 1 rings (SSSR count). The van der Waals surface area contributed by atoms with Gasteiger partial charge < -0.3 is 5.73 Å². The number of sulfone groups is 1. The van der Waals surface area contributed by atoms with Crippen LogP contribution in [-0.2, 0) is 9.84 Å². The molecule has 0 unspecified atom stereocenters. The van der Waals surface area contributed by atoms with Crippen molar-refractivity contribution in [1.29, 1.82) is 0 Å². The highest BCUT2D eigenvalue weighted by Crippen LogP contribution is 2.23. The van der Waals surface area contributed by atoms with Crippen LogP contribution in [0.3, 0.4) is 0 Å². The fourth-order valence-electron chi connectivity index (χ4n) is 1.77. The summed E-state index contributed by atoms with van der Waals surface area (Å²) in [6, 6.07) is 5.18. The van der Waals surface area contributed by atoms with Crippen LogP contribution in [0.4, 0.5) is 4.39 Å². The fraction of sp³-hybridized carbons (Fsp3) is 0.455. The van der Waals surface area contributed by atoms with E-state index in [-0.39, 0.29) is 5.56 Å². The maximum absolute atomic E-state index is 13.5. The van der Waals surface area contributed by atoms with E-state index in [1.165, 1.54) is 12.1 Å². The van der Waals surface area contributed by atoms with Crippen molar-refractivity contribution in [3.63, 3.8) is 0 Å². The number of hydrogen-bond acceptors (Lipinski definition) is 3. The molecule has 1 aromatic carbocycles. The molecular formula is C11H16FNO2S. The van der Waals surface area contributed by atoms with Crippen LogP contribution < -0.4 is 5.73 Å². The van der Waals surface area contributed by atoms with E-state index in [0.717, 1.165) is 6.26 Å². The second-order valence-electron chi connectivity index (χ2n) is 3.82. The predicted octanol–water partition coefficient (Wildman–Crippen LogP) is 1.65. The van der Waals surface area contributed by atoms with Gasteiger partial charge in [-0.1, -0.05) is 25.1 Å². The molecule has 1 aromatic rings. The molecule has 90 valence electrons. The Morgan fingerprint density at radius 2 is 1.94 bits per heavy atom. The molecule has 0 heterocycles. The Bertz CT molecular complexity index is 459. The van der Waals surface area contributed by atoms with Crippen molar-refractivity contribution in [3.8, 4) is 0 Å². The molecule has 0 spiro atoms. The second-order valence-corrected chi connectivity index (χ2v) is 6.09. The Hall–Kier alpha value is -0.940. The van der Waals surface area contributed by atoms with Gasteiger partial charge in [0.15, 0.2) is 9.84 Å². The van der Waals surface area contributed by atoms with Gasteiger partial charge in [0.2, 0.25) is 0 Å². The Kier molecular flexibility index (Phi) is 4.04. The standard InChI is InChI=1S/C11H16FNO2S/c1-3-10(16(2,14)15)11(13)8-6-4-5-7-9(8)12/h4-7,10-11H,3,13H2,1-2H3/t10-,11+/m0/s1. The third kappa shape index (κ3) is 2.80. The normalized spacial score (nSPS) is 15.8. The first-order valence-corrected chi connectivity index (χ1v) is 7.02. The third-order valence-corrected chi connectivity index (χ3v) is 4.34. The van der Waals surface area contributed by atoms with Crippen LogP contribution in [0.2, 0.25) is 0 Å². The molecule has 0 aliphatic carbocycles. The highest BCUT2D eigenvalue weighted by Gasteiger charge is 2.28. The zero-order valence-electron chi connectivity index (χ0n) is 9.35. The number of benzene rings is 1. The number of rotatable bonds is 4. The largest absolute Gasteiger partial charge is 0.323 e. The molecule has 16 heavy (non-hydrogen) atoms. The van der Waals surface area contributed by atoms with Gasteiger partial charge in [-0.25, -0.2) is 12.8 Å². The van der Waals surface area contributed by atoms with Gasteiger partial charge in [0, 0.05) is 17.9 Å². The maximum atomic E-state index is 13.5. The summed E-state index contributed by atoms with van der Waals surface area (Å²) in [7, 11) is -3.27. The first-order chi connectivity index (χ1) is 7.38. The smallest absolute Gasteiger partial charge is 0.152 e. The summed E-state index contributed by atoms with van der Waals surface area (Å²) in [4.78, 5) is 0. The Balaban J connectivity index is 3.10. The monoisotopic (exact) mass is 245 g/mol. The van der Waals surface area contributed by atoms with Gasteiger partial charge in [-0.3, -0.25) is 0 Å². The maximum Gasteiger partial charge on any atom is 0.152 e. The molecule has 0 radical (unpaired) electrons. The second kappa shape index (κ2) is 4.93. The van der Waals surface area contributed by atoms with Crippen LogP contribution in [0.1, 0.15) is 24.9 Å². The average molecular weight is 245 g/mol. The zero-order chi connectivity index (χ0) is 12.3. The van der Waals surface area contributed by atoms with Gasteiger partial charge in [-0.2, -0.15) is 0 Å². The predicted molar refractivity (Wildman–Crippen MR) is 62.3 cm³/mol. The Morgan fingerprint density at radius 1 is 1.38 bits per heavy atom. The summed E-state index contributed by atoms with van der Waals surface area (Å²) in [6.07, 6.45) is 1.50. The molecule has 0 saturated carbocycles. The zero-order valence-corrected chi connectivity index (χ0v) is 10.2. The lowest BCUT2D eigenvalue weighted by Crippen LogP contribution is -2.33. The molecular weight excluding hydrogens is 229 g/mol. The van der Waals surface area contributed by atoms with Crippen LogP contribution in [0.15, 0.2) is 24.3 Å². The van der Waals surface area contributed by atoms with Gasteiger partial charge >= 0.3 is 0 Å². The van der Waals surface area contributed by atoms with Gasteiger partial charge in [-0.05, 0) is 12.5 Å². The van der Waals surface area contributed by atoms with Crippen molar-refractivity contribution in [2.75, 3.05) is 6.26 Å². The highest BCUT2D eigenvalue weighted by molar-refractivity contribution is 7.91. The van der Waals surface area contributed by atoms with Crippen LogP contribution in [0.25, 0.3) is 0 Å². The van der Waals surface area contributed by atoms with Crippen LogP contribution in [-0.4, -0.2) is 19.9 Å². The van der Waals surface area contributed by atoms with Crippen molar-refractivity contribution in [3.05, 3.63) is 35.6 Å². The van der Waals surface area contributed by atoms with E-state index in [1.807, 2.05) is 0 Å². The molecule has 3 nitrogen and oxygen atoms in total. The van der Waals surface area contributed by atoms with E-state index in [4.69, 9.17) is 5.73 Å². The quantitative estimate of drug-likeness (QED) is 0.877. The SMILES string of the molecule is CC[C@@H]([C@H](N)c1ccccc1F)S(C)(=O)=O. The summed E-state index contributed by atoms with van der Waals surface area (Å²) in [5, 5.41) is -0.746. The van der Waals surface area contributed by atoms with Crippen molar-refractivity contribution in [1.82, 2.24) is 0 Å². The minimum atomic E-state index is -3.27. The molecule has 0 amide bonds. The summed E-state index contributed by atoms with van der Waals surface area (Å²) in [6.45, 7) is 1.73. The van der Waals surface area contributed by atoms with Crippen molar-refractivity contribution < 1.29 is 12.8 Å². The van der Waals surface area contributed by atoms with E-state index >= 15 is 0 Å². The summed E-state index contributed by atoms with van der Waals surface area (Å²) in [5.41, 5.74) is 6.07. The highest BCUT2D eigenvalue weighted by atomic mass is 32.2. The molecule has 0 fully saturated rings. The van der Waals surface area contributed by atoms with Crippen LogP contribution in [0, 0.1) is 5.82 Å². The molecule has 0 aliphatic heterocycles. The van der Waals surface area contributed by atoms with Crippen LogP contribution in [0.5, 0.6) is 0 Å². The molecule has 2 atom stereocenters. The van der Waals surface area contributed by atoms with Gasteiger partial charge in [0.1, 0.15) is 5.82 Å². The molecule has 0 aromatic heterocycles. The number of hydrogen-bond donors (Lipinski definition) is 1. The third-order valence-electron chi connectivity index (χ3n) is 2.62. The van der Waals surface area contributed by atoms with Crippen LogP contribution >= 0.6 is 0 Å². The van der Waals surface area contributed by atoms with Gasteiger partial charge in [0.05, 0.1) is 5.25 Å². The lowest BCUT2D eigenvalue weighted by Gasteiger charge is -2.21. The minimum absolute atomic E-state index is 0.250. The first kappa shape index (κ1) is 13.1. The summed E-state index contributed by atoms with van der Waals surface area (Å²) >= 11 is 0. The van der Waals surface area contributed by atoms with Crippen molar-refractivity contribution in [2.45, 2.75) is 24.6 Å². The lowest BCUT2D eigenvalue weighted by molar-refractivity contribution is 0.532. The Morgan fingerprint density at radius 3 is 2.38 bits per heavy atom. The summed E-state index contributed by atoms with van der Waals surface area (Å²) < 4.78 is 36.4. The molecule has 0 aliphatic rings. The van der Waals surface area contributed by atoms with E-state index in [1.54, 1.807) is 19.1 Å².